The SMILES string of the molecule is CC1NC(NCC(F)(F)F)=Nc2cccc(Cl)c21. The molecule has 0 bridgehead atoms. The van der Waals surface area contributed by atoms with E-state index in [0.717, 1.165) is 5.56 Å². The van der Waals surface area contributed by atoms with Gasteiger partial charge in [-0.2, -0.15) is 13.2 Å². The Morgan fingerprint density at radius 3 is 2.83 bits per heavy atom. The molecule has 1 aromatic carbocycles. The fourth-order valence-corrected chi connectivity index (χ4v) is 2.09. The number of aliphatic imine (C=N–C) groups is 1. The average molecular weight is 278 g/mol. The number of guanidine groups is 1. The summed E-state index contributed by atoms with van der Waals surface area (Å²) >= 11 is 6.02. The summed E-state index contributed by atoms with van der Waals surface area (Å²) < 4.78 is 36.3. The first-order valence-corrected chi connectivity index (χ1v) is 5.69. The molecule has 1 aromatic rings. The summed E-state index contributed by atoms with van der Waals surface area (Å²) in [5.41, 5.74) is 1.37. The highest BCUT2D eigenvalue weighted by atomic mass is 35.5. The van der Waals surface area contributed by atoms with E-state index in [1.165, 1.54) is 0 Å². The van der Waals surface area contributed by atoms with E-state index in [-0.39, 0.29) is 12.0 Å². The van der Waals surface area contributed by atoms with Crippen molar-refractivity contribution in [1.82, 2.24) is 10.6 Å². The Bertz CT molecular complexity index is 485. The summed E-state index contributed by atoms with van der Waals surface area (Å²) in [5.74, 6) is 0.106. The van der Waals surface area contributed by atoms with Gasteiger partial charge in [0.25, 0.3) is 0 Å². The maximum Gasteiger partial charge on any atom is 0.405 e. The van der Waals surface area contributed by atoms with Gasteiger partial charge in [0, 0.05) is 10.6 Å². The summed E-state index contributed by atoms with van der Waals surface area (Å²) in [5, 5.41) is 5.61. The minimum Gasteiger partial charge on any atom is -0.349 e. The minimum atomic E-state index is -4.28. The first-order valence-electron chi connectivity index (χ1n) is 5.31. The smallest absolute Gasteiger partial charge is 0.349 e. The Morgan fingerprint density at radius 2 is 2.17 bits per heavy atom. The van der Waals surface area contributed by atoms with Crippen LogP contribution in [0.25, 0.3) is 0 Å². The van der Waals surface area contributed by atoms with Crippen LogP contribution in [0, 0.1) is 0 Å². The van der Waals surface area contributed by atoms with E-state index >= 15 is 0 Å². The van der Waals surface area contributed by atoms with Crippen LogP contribution < -0.4 is 10.6 Å². The second-order valence-electron chi connectivity index (χ2n) is 3.97. The van der Waals surface area contributed by atoms with E-state index in [4.69, 9.17) is 11.6 Å². The van der Waals surface area contributed by atoms with Crippen molar-refractivity contribution in [3.8, 4) is 0 Å². The first-order chi connectivity index (χ1) is 8.37. The predicted molar refractivity (Wildman–Crippen MR) is 64.2 cm³/mol. The lowest BCUT2D eigenvalue weighted by atomic mass is 10.1. The molecule has 0 fully saturated rings. The molecule has 18 heavy (non-hydrogen) atoms. The second-order valence-corrected chi connectivity index (χ2v) is 4.38. The van der Waals surface area contributed by atoms with E-state index in [1.807, 2.05) is 6.92 Å². The van der Waals surface area contributed by atoms with E-state index in [1.54, 1.807) is 18.2 Å². The number of rotatable bonds is 1. The number of alkyl halides is 3. The molecule has 0 radical (unpaired) electrons. The van der Waals surface area contributed by atoms with Crippen LogP contribution in [0.4, 0.5) is 18.9 Å². The Labute approximate surface area is 107 Å². The van der Waals surface area contributed by atoms with Gasteiger partial charge in [0.2, 0.25) is 0 Å². The van der Waals surface area contributed by atoms with Crippen LogP contribution in [-0.2, 0) is 0 Å². The molecule has 1 aliphatic rings. The summed E-state index contributed by atoms with van der Waals surface area (Å²) in [6.07, 6.45) is -4.28. The molecule has 0 spiro atoms. The van der Waals surface area contributed by atoms with Crippen molar-refractivity contribution in [2.75, 3.05) is 6.54 Å². The zero-order chi connectivity index (χ0) is 13.3. The molecule has 2 rings (SSSR count). The lowest BCUT2D eigenvalue weighted by Crippen LogP contribution is -2.44. The average Bonchev–Trinajstić information content (AvgIpc) is 2.25. The molecule has 7 heteroatoms. The zero-order valence-corrected chi connectivity index (χ0v) is 10.2. The van der Waals surface area contributed by atoms with Gasteiger partial charge in [0.1, 0.15) is 6.54 Å². The number of fused-ring (bicyclic) bond motifs is 1. The Kier molecular flexibility index (Phi) is 3.38. The molecule has 1 unspecified atom stereocenters. The quantitative estimate of drug-likeness (QED) is 0.827. The Hall–Kier alpha value is -1.43. The van der Waals surface area contributed by atoms with Crippen LogP contribution in [0.3, 0.4) is 0 Å². The number of benzene rings is 1. The zero-order valence-electron chi connectivity index (χ0n) is 9.48. The summed E-state index contributed by atoms with van der Waals surface area (Å²) in [6, 6.07) is 4.96. The topological polar surface area (TPSA) is 36.4 Å². The van der Waals surface area contributed by atoms with Crippen molar-refractivity contribution in [2.45, 2.75) is 19.1 Å². The van der Waals surface area contributed by atoms with Crippen molar-refractivity contribution in [2.24, 2.45) is 4.99 Å². The molecular weight excluding hydrogens is 267 g/mol. The number of nitrogens with zero attached hydrogens (tertiary/aromatic N) is 1. The molecule has 2 N–H and O–H groups in total. The maximum absolute atomic E-state index is 12.1. The van der Waals surface area contributed by atoms with Gasteiger partial charge in [0.05, 0.1) is 11.7 Å². The van der Waals surface area contributed by atoms with Gasteiger partial charge in [-0.05, 0) is 19.1 Å². The van der Waals surface area contributed by atoms with Crippen molar-refractivity contribution in [3.05, 3.63) is 28.8 Å². The van der Waals surface area contributed by atoms with Crippen LogP contribution >= 0.6 is 11.6 Å². The number of hydrogen-bond acceptors (Lipinski definition) is 3. The van der Waals surface area contributed by atoms with Gasteiger partial charge in [-0.3, -0.25) is 0 Å². The summed E-state index contributed by atoms with van der Waals surface area (Å²) in [4.78, 5) is 4.07. The summed E-state index contributed by atoms with van der Waals surface area (Å²) in [7, 11) is 0. The highest BCUT2D eigenvalue weighted by molar-refractivity contribution is 6.31. The van der Waals surface area contributed by atoms with Gasteiger partial charge in [-0.1, -0.05) is 17.7 Å². The highest BCUT2D eigenvalue weighted by Gasteiger charge is 2.28. The van der Waals surface area contributed by atoms with E-state index in [2.05, 4.69) is 15.6 Å². The maximum atomic E-state index is 12.1. The van der Waals surface area contributed by atoms with Crippen LogP contribution in [0.5, 0.6) is 0 Å². The first kappa shape index (κ1) is 13.0. The van der Waals surface area contributed by atoms with Crippen LogP contribution in [-0.4, -0.2) is 18.7 Å². The molecule has 98 valence electrons. The molecule has 1 aliphatic heterocycles. The number of nitrogens with one attached hydrogen (secondary N) is 2. The van der Waals surface area contributed by atoms with Gasteiger partial charge in [-0.25, -0.2) is 4.99 Å². The second kappa shape index (κ2) is 4.68. The van der Waals surface area contributed by atoms with E-state index in [9.17, 15) is 13.2 Å². The van der Waals surface area contributed by atoms with Gasteiger partial charge >= 0.3 is 6.18 Å². The van der Waals surface area contributed by atoms with Crippen molar-refractivity contribution in [1.29, 1.82) is 0 Å². The van der Waals surface area contributed by atoms with Crippen LogP contribution in [0.2, 0.25) is 5.02 Å². The molecule has 1 heterocycles. The normalized spacial score (nSPS) is 18.7. The highest BCUT2D eigenvalue weighted by Crippen LogP contribution is 2.34. The third-order valence-corrected chi connectivity index (χ3v) is 2.83. The van der Waals surface area contributed by atoms with Crippen molar-refractivity contribution < 1.29 is 13.2 Å². The molecule has 0 saturated heterocycles. The lowest BCUT2D eigenvalue weighted by molar-refractivity contribution is -0.122. The Morgan fingerprint density at radius 1 is 1.44 bits per heavy atom. The molecule has 0 aliphatic carbocycles. The van der Waals surface area contributed by atoms with Gasteiger partial charge in [-0.15, -0.1) is 0 Å². The van der Waals surface area contributed by atoms with Gasteiger partial charge < -0.3 is 10.6 Å². The van der Waals surface area contributed by atoms with E-state index < -0.39 is 12.7 Å². The number of halogens is 4. The molecule has 0 aromatic heterocycles. The standard InChI is InChI=1S/C11H11ClF3N3/c1-6-9-7(12)3-2-4-8(9)18-10(17-6)16-5-11(13,14)15/h2-4,6H,5H2,1H3,(H2,16,17,18). The molecule has 0 amide bonds. The van der Waals surface area contributed by atoms with Crippen molar-refractivity contribution >= 4 is 23.2 Å². The molecule has 1 atom stereocenters. The molecular formula is C11H11ClF3N3. The van der Waals surface area contributed by atoms with Crippen LogP contribution in [0.15, 0.2) is 23.2 Å². The molecule has 0 saturated carbocycles. The number of hydrogen-bond donors (Lipinski definition) is 2. The fraction of sp³-hybridized carbons (Fsp3) is 0.364. The fourth-order valence-electron chi connectivity index (χ4n) is 1.76. The summed E-state index contributed by atoms with van der Waals surface area (Å²) in [6.45, 7) is 0.691. The van der Waals surface area contributed by atoms with Gasteiger partial charge in [0.15, 0.2) is 5.96 Å². The molecule has 3 nitrogen and oxygen atoms in total. The van der Waals surface area contributed by atoms with Crippen molar-refractivity contribution in [3.63, 3.8) is 0 Å². The largest absolute Gasteiger partial charge is 0.405 e. The monoisotopic (exact) mass is 277 g/mol. The van der Waals surface area contributed by atoms with Crippen LogP contribution in [0.1, 0.15) is 18.5 Å². The third kappa shape index (κ3) is 2.87. The third-order valence-electron chi connectivity index (χ3n) is 2.50. The predicted octanol–water partition coefficient (Wildman–Crippen LogP) is 3.14. The van der Waals surface area contributed by atoms with E-state index in [0.29, 0.717) is 10.7 Å². The Balaban J connectivity index is 2.22. The minimum absolute atomic E-state index is 0.106. The lowest BCUT2D eigenvalue weighted by Gasteiger charge is -2.25.